The quantitative estimate of drug-likeness (QED) is 0.861. The standard InChI is InChI=1S/C15H18ClN3O/c1-19-12-5-3-2-4-11(12)13(18-19)14(20)17-10-15(6-7-15)8-9-16/h2-5H,6-10H2,1H3,(H,17,20). The summed E-state index contributed by atoms with van der Waals surface area (Å²) in [6, 6.07) is 7.78. The Morgan fingerprint density at radius 1 is 1.45 bits per heavy atom. The van der Waals surface area contributed by atoms with Gasteiger partial charge in [0.15, 0.2) is 5.69 Å². The van der Waals surface area contributed by atoms with Gasteiger partial charge in [-0.3, -0.25) is 9.48 Å². The topological polar surface area (TPSA) is 46.9 Å². The van der Waals surface area contributed by atoms with Crippen molar-refractivity contribution in [3.8, 4) is 0 Å². The average Bonchev–Trinajstić information content (AvgIpc) is 3.14. The summed E-state index contributed by atoms with van der Waals surface area (Å²) in [5.74, 6) is 0.560. The molecule has 0 bridgehead atoms. The molecule has 1 fully saturated rings. The number of hydrogen-bond acceptors (Lipinski definition) is 2. The van der Waals surface area contributed by atoms with E-state index in [-0.39, 0.29) is 11.3 Å². The van der Waals surface area contributed by atoms with Crippen LogP contribution >= 0.6 is 11.6 Å². The summed E-state index contributed by atoms with van der Waals surface area (Å²) < 4.78 is 1.75. The lowest BCUT2D eigenvalue weighted by molar-refractivity contribution is 0.0940. The minimum atomic E-state index is -0.0948. The SMILES string of the molecule is Cn1nc(C(=O)NCC2(CCCl)CC2)c2ccccc21. The Balaban J connectivity index is 1.76. The first-order valence-electron chi connectivity index (χ1n) is 6.91. The van der Waals surface area contributed by atoms with Crippen molar-refractivity contribution in [3.05, 3.63) is 30.0 Å². The number of nitrogens with one attached hydrogen (secondary N) is 1. The number of carbonyl (C=O) groups excluding carboxylic acids is 1. The third-order valence-corrected chi connectivity index (χ3v) is 4.37. The molecular weight excluding hydrogens is 274 g/mol. The van der Waals surface area contributed by atoms with E-state index < -0.39 is 0 Å². The third-order valence-electron chi connectivity index (χ3n) is 4.18. The molecule has 1 N–H and O–H groups in total. The van der Waals surface area contributed by atoms with Crippen LogP contribution in [0.2, 0.25) is 0 Å². The van der Waals surface area contributed by atoms with Crippen molar-refractivity contribution in [2.75, 3.05) is 12.4 Å². The number of nitrogens with zero attached hydrogens (tertiary/aromatic N) is 2. The molecule has 106 valence electrons. The van der Waals surface area contributed by atoms with Gasteiger partial charge in [-0.15, -0.1) is 11.6 Å². The molecule has 1 aromatic carbocycles. The average molecular weight is 292 g/mol. The smallest absolute Gasteiger partial charge is 0.272 e. The fraction of sp³-hybridized carbons (Fsp3) is 0.467. The zero-order chi connectivity index (χ0) is 14.2. The van der Waals surface area contributed by atoms with Crippen molar-refractivity contribution in [2.45, 2.75) is 19.3 Å². The monoisotopic (exact) mass is 291 g/mol. The molecule has 1 saturated carbocycles. The summed E-state index contributed by atoms with van der Waals surface area (Å²) >= 11 is 5.81. The molecule has 1 aromatic heterocycles. The number of fused-ring (bicyclic) bond motifs is 1. The fourth-order valence-corrected chi connectivity index (χ4v) is 3.03. The molecule has 0 spiro atoms. The number of halogens is 1. The van der Waals surface area contributed by atoms with Crippen molar-refractivity contribution in [1.82, 2.24) is 15.1 Å². The highest BCUT2D eigenvalue weighted by molar-refractivity contribution is 6.17. The van der Waals surface area contributed by atoms with E-state index in [1.54, 1.807) is 4.68 Å². The van der Waals surface area contributed by atoms with Gasteiger partial charge in [0.2, 0.25) is 0 Å². The molecule has 3 rings (SSSR count). The summed E-state index contributed by atoms with van der Waals surface area (Å²) in [6.45, 7) is 0.698. The van der Waals surface area contributed by atoms with Crippen molar-refractivity contribution in [1.29, 1.82) is 0 Å². The van der Waals surface area contributed by atoms with Crippen LogP contribution in [-0.2, 0) is 7.05 Å². The van der Waals surface area contributed by atoms with Crippen molar-refractivity contribution < 1.29 is 4.79 Å². The molecule has 1 heterocycles. The van der Waals surface area contributed by atoms with E-state index in [9.17, 15) is 4.79 Å². The number of alkyl halides is 1. The molecule has 0 radical (unpaired) electrons. The van der Waals surface area contributed by atoms with Crippen LogP contribution in [0.3, 0.4) is 0 Å². The molecular formula is C15H18ClN3O. The molecule has 0 atom stereocenters. The van der Waals surface area contributed by atoms with Crippen LogP contribution in [0.4, 0.5) is 0 Å². The molecule has 0 unspecified atom stereocenters. The first kappa shape index (κ1) is 13.4. The van der Waals surface area contributed by atoms with E-state index >= 15 is 0 Å². The zero-order valence-corrected chi connectivity index (χ0v) is 12.3. The molecule has 2 aromatic rings. The predicted octanol–water partition coefficient (Wildman–Crippen LogP) is 2.71. The summed E-state index contributed by atoms with van der Waals surface area (Å²) in [7, 11) is 1.86. The lowest BCUT2D eigenvalue weighted by Gasteiger charge is -2.13. The summed E-state index contributed by atoms with van der Waals surface area (Å²) in [6.07, 6.45) is 3.28. The van der Waals surface area contributed by atoms with Gasteiger partial charge in [-0.05, 0) is 30.7 Å². The Morgan fingerprint density at radius 3 is 2.90 bits per heavy atom. The number of rotatable bonds is 5. The Kier molecular flexibility index (Phi) is 3.42. The zero-order valence-electron chi connectivity index (χ0n) is 11.5. The van der Waals surface area contributed by atoms with Gasteiger partial charge in [-0.2, -0.15) is 5.10 Å². The summed E-state index contributed by atoms with van der Waals surface area (Å²) in [5.41, 5.74) is 1.71. The molecule has 5 heteroatoms. The largest absolute Gasteiger partial charge is 0.350 e. The highest BCUT2D eigenvalue weighted by Gasteiger charge is 2.42. The number of benzene rings is 1. The van der Waals surface area contributed by atoms with E-state index in [0.717, 1.165) is 30.2 Å². The Morgan fingerprint density at radius 2 is 2.20 bits per heavy atom. The number of amides is 1. The normalized spacial score (nSPS) is 16.3. The summed E-state index contributed by atoms with van der Waals surface area (Å²) in [4.78, 5) is 12.3. The van der Waals surface area contributed by atoms with Gasteiger partial charge in [-0.1, -0.05) is 18.2 Å². The Labute approximate surface area is 123 Å². The van der Waals surface area contributed by atoms with Gasteiger partial charge in [-0.25, -0.2) is 0 Å². The number of aromatic nitrogens is 2. The second kappa shape index (κ2) is 5.09. The first-order chi connectivity index (χ1) is 9.65. The molecule has 20 heavy (non-hydrogen) atoms. The Bertz CT molecular complexity index is 646. The lowest BCUT2D eigenvalue weighted by atomic mass is 10.0. The predicted molar refractivity (Wildman–Crippen MR) is 80.1 cm³/mol. The van der Waals surface area contributed by atoms with E-state index in [2.05, 4.69) is 10.4 Å². The van der Waals surface area contributed by atoms with E-state index in [4.69, 9.17) is 11.6 Å². The minimum Gasteiger partial charge on any atom is -0.350 e. The van der Waals surface area contributed by atoms with Crippen LogP contribution in [0.5, 0.6) is 0 Å². The van der Waals surface area contributed by atoms with E-state index in [0.29, 0.717) is 18.1 Å². The molecule has 1 aliphatic carbocycles. The van der Waals surface area contributed by atoms with Crippen LogP contribution in [-0.4, -0.2) is 28.1 Å². The van der Waals surface area contributed by atoms with Crippen LogP contribution in [0.1, 0.15) is 29.8 Å². The highest BCUT2D eigenvalue weighted by atomic mass is 35.5. The maximum absolute atomic E-state index is 12.3. The van der Waals surface area contributed by atoms with Gasteiger partial charge in [0.25, 0.3) is 5.91 Å². The molecule has 0 aliphatic heterocycles. The van der Waals surface area contributed by atoms with E-state index in [1.165, 1.54) is 0 Å². The van der Waals surface area contributed by atoms with Crippen molar-refractivity contribution in [2.24, 2.45) is 12.5 Å². The number of aryl methyl sites for hydroxylation is 1. The van der Waals surface area contributed by atoms with Crippen molar-refractivity contribution >= 4 is 28.4 Å². The number of hydrogen-bond donors (Lipinski definition) is 1. The lowest BCUT2D eigenvalue weighted by Crippen LogP contribution is -2.31. The fourth-order valence-electron chi connectivity index (χ4n) is 2.63. The maximum Gasteiger partial charge on any atom is 0.272 e. The molecule has 4 nitrogen and oxygen atoms in total. The van der Waals surface area contributed by atoms with Gasteiger partial charge in [0.1, 0.15) is 0 Å². The third kappa shape index (κ3) is 2.40. The maximum atomic E-state index is 12.3. The Hall–Kier alpha value is -1.55. The minimum absolute atomic E-state index is 0.0948. The van der Waals surface area contributed by atoms with Crippen LogP contribution in [0, 0.1) is 5.41 Å². The second-order valence-corrected chi connectivity index (χ2v) is 5.99. The molecule has 0 saturated heterocycles. The molecule has 1 amide bonds. The number of para-hydroxylation sites is 1. The number of carbonyl (C=O) groups is 1. The second-order valence-electron chi connectivity index (χ2n) is 5.61. The highest BCUT2D eigenvalue weighted by Crippen LogP contribution is 2.48. The van der Waals surface area contributed by atoms with Crippen molar-refractivity contribution in [3.63, 3.8) is 0 Å². The van der Waals surface area contributed by atoms with Gasteiger partial charge in [0.05, 0.1) is 5.52 Å². The van der Waals surface area contributed by atoms with E-state index in [1.807, 2.05) is 31.3 Å². The van der Waals surface area contributed by atoms with Crippen LogP contribution < -0.4 is 5.32 Å². The molecule has 1 aliphatic rings. The van der Waals surface area contributed by atoms with Gasteiger partial charge in [0, 0.05) is 24.9 Å². The van der Waals surface area contributed by atoms with Crippen LogP contribution in [0.15, 0.2) is 24.3 Å². The van der Waals surface area contributed by atoms with Gasteiger partial charge < -0.3 is 5.32 Å². The van der Waals surface area contributed by atoms with Crippen LogP contribution in [0.25, 0.3) is 10.9 Å². The summed E-state index contributed by atoms with van der Waals surface area (Å²) in [5, 5.41) is 8.25. The van der Waals surface area contributed by atoms with Gasteiger partial charge >= 0.3 is 0 Å². The first-order valence-corrected chi connectivity index (χ1v) is 7.45.